The third-order valence-corrected chi connectivity index (χ3v) is 4.49. The summed E-state index contributed by atoms with van der Waals surface area (Å²) in [4.78, 5) is 5.32. The first-order chi connectivity index (χ1) is 12.3. The standard InChI is InChI=1S/C20H22N2O2S.ClH/c1-2-23-20-11-16(12-22-14-17-5-3-9-21-13-17)7-8-19(20)24-15-18-6-4-10-25-18;/h3-11,13,22H,2,12,14-15H2,1H3;1H/p-1. The van der Waals surface area contributed by atoms with Gasteiger partial charge in [-0.2, -0.15) is 0 Å². The maximum Gasteiger partial charge on any atom is 0.161 e. The number of thiophene rings is 1. The highest BCUT2D eigenvalue weighted by atomic mass is 35.5. The highest BCUT2D eigenvalue weighted by molar-refractivity contribution is 7.09. The third-order valence-electron chi connectivity index (χ3n) is 3.64. The Morgan fingerprint density at radius 1 is 1.00 bits per heavy atom. The van der Waals surface area contributed by atoms with Gasteiger partial charge < -0.3 is 27.2 Å². The van der Waals surface area contributed by atoms with Gasteiger partial charge in [0, 0.05) is 30.4 Å². The predicted molar refractivity (Wildman–Crippen MR) is 101 cm³/mol. The van der Waals surface area contributed by atoms with Gasteiger partial charge in [-0.05, 0) is 47.7 Å². The van der Waals surface area contributed by atoms with E-state index in [9.17, 15) is 0 Å². The second-order valence-corrected chi connectivity index (χ2v) is 6.58. The summed E-state index contributed by atoms with van der Waals surface area (Å²) in [7, 11) is 0. The zero-order chi connectivity index (χ0) is 17.3. The number of aromatic nitrogens is 1. The van der Waals surface area contributed by atoms with Crippen LogP contribution in [0, 0.1) is 0 Å². The highest BCUT2D eigenvalue weighted by Crippen LogP contribution is 2.29. The van der Waals surface area contributed by atoms with Crippen LogP contribution >= 0.6 is 11.3 Å². The number of nitrogens with one attached hydrogen (secondary N) is 1. The molecular formula is C20H22ClN2O2S-. The van der Waals surface area contributed by atoms with Gasteiger partial charge >= 0.3 is 0 Å². The van der Waals surface area contributed by atoms with Crippen molar-refractivity contribution in [2.24, 2.45) is 0 Å². The van der Waals surface area contributed by atoms with Crippen LogP contribution in [0.1, 0.15) is 22.9 Å². The number of halogens is 1. The van der Waals surface area contributed by atoms with E-state index in [2.05, 4.69) is 33.9 Å². The van der Waals surface area contributed by atoms with Crippen LogP contribution in [-0.4, -0.2) is 11.6 Å². The van der Waals surface area contributed by atoms with E-state index in [0.717, 1.165) is 30.2 Å². The molecule has 0 radical (unpaired) electrons. The Labute approximate surface area is 164 Å². The van der Waals surface area contributed by atoms with E-state index >= 15 is 0 Å². The molecule has 0 aliphatic rings. The van der Waals surface area contributed by atoms with E-state index in [1.807, 2.05) is 37.4 Å². The molecule has 0 saturated carbocycles. The van der Waals surface area contributed by atoms with E-state index in [1.165, 1.54) is 10.4 Å². The van der Waals surface area contributed by atoms with Gasteiger partial charge in [0.1, 0.15) is 6.61 Å². The lowest BCUT2D eigenvalue weighted by Crippen LogP contribution is -3.00. The number of hydrogen-bond donors (Lipinski definition) is 1. The molecule has 0 amide bonds. The van der Waals surface area contributed by atoms with E-state index < -0.39 is 0 Å². The van der Waals surface area contributed by atoms with Crippen LogP contribution in [0.5, 0.6) is 11.5 Å². The minimum absolute atomic E-state index is 0. The van der Waals surface area contributed by atoms with Gasteiger partial charge in [-0.3, -0.25) is 4.98 Å². The van der Waals surface area contributed by atoms with Gasteiger partial charge in [-0.25, -0.2) is 0 Å². The van der Waals surface area contributed by atoms with Gasteiger partial charge in [-0.1, -0.05) is 18.2 Å². The van der Waals surface area contributed by atoms with Crippen molar-refractivity contribution in [1.29, 1.82) is 0 Å². The van der Waals surface area contributed by atoms with Crippen molar-refractivity contribution in [3.8, 4) is 11.5 Å². The first-order valence-electron chi connectivity index (χ1n) is 8.35. The fraction of sp³-hybridized carbons (Fsp3) is 0.250. The summed E-state index contributed by atoms with van der Waals surface area (Å²) in [5.74, 6) is 1.57. The molecule has 0 spiro atoms. The molecule has 3 rings (SSSR count). The molecule has 2 heterocycles. The molecule has 4 nitrogen and oxygen atoms in total. The van der Waals surface area contributed by atoms with Crippen LogP contribution in [0.4, 0.5) is 0 Å². The fourth-order valence-electron chi connectivity index (χ4n) is 2.45. The molecule has 138 valence electrons. The minimum Gasteiger partial charge on any atom is -1.00 e. The maximum atomic E-state index is 5.92. The van der Waals surface area contributed by atoms with Crippen molar-refractivity contribution in [1.82, 2.24) is 10.3 Å². The quantitative estimate of drug-likeness (QED) is 0.601. The second-order valence-electron chi connectivity index (χ2n) is 5.55. The molecule has 0 bridgehead atoms. The summed E-state index contributed by atoms with van der Waals surface area (Å²) in [5.41, 5.74) is 2.33. The number of hydrogen-bond acceptors (Lipinski definition) is 5. The van der Waals surface area contributed by atoms with Gasteiger partial charge in [0.25, 0.3) is 0 Å². The largest absolute Gasteiger partial charge is 1.00 e. The summed E-state index contributed by atoms with van der Waals surface area (Å²) in [5, 5.41) is 5.48. The Hall–Kier alpha value is -2.08. The Morgan fingerprint density at radius 3 is 2.62 bits per heavy atom. The molecule has 26 heavy (non-hydrogen) atoms. The molecule has 0 unspecified atom stereocenters. The molecule has 0 aliphatic heterocycles. The Balaban J connectivity index is 0.00000243. The maximum absolute atomic E-state index is 5.92. The molecule has 1 N–H and O–H groups in total. The van der Waals surface area contributed by atoms with Crippen LogP contribution < -0.4 is 27.2 Å². The first-order valence-corrected chi connectivity index (χ1v) is 9.23. The van der Waals surface area contributed by atoms with E-state index in [0.29, 0.717) is 13.2 Å². The molecule has 2 aromatic heterocycles. The van der Waals surface area contributed by atoms with Crippen LogP contribution in [0.15, 0.2) is 60.2 Å². The topological polar surface area (TPSA) is 43.4 Å². The molecule has 0 fully saturated rings. The lowest BCUT2D eigenvalue weighted by molar-refractivity contribution is -0.00000587. The van der Waals surface area contributed by atoms with Crippen molar-refractivity contribution < 1.29 is 21.9 Å². The molecular weight excluding hydrogens is 368 g/mol. The third kappa shape index (κ3) is 6.02. The second kappa shape index (κ2) is 10.8. The van der Waals surface area contributed by atoms with E-state index in [1.54, 1.807) is 17.5 Å². The molecule has 6 heteroatoms. The van der Waals surface area contributed by atoms with E-state index in [4.69, 9.17) is 9.47 Å². The van der Waals surface area contributed by atoms with Crippen molar-refractivity contribution >= 4 is 11.3 Å². The van der Waals surface area contributed by atoms with Crippen LogP contribution in [-0.2, 0) is 19.7 Å². The molecule has 1 aromatic carbocycles. The zero-order valence-corrected chi connectivity index (χ0v) is 16.2. The lowest BCUT2D eigenvalue weighted by Gasteiger charge is -2.13. The Morgan fingerprint density at radius 2 is 1.88 bits per heavy atom. The molecule has 0 saturated heterocycles. The smallest absolute Gasteiger partial charge is 0.161 e. The average Bonchev–Trinajstić information content (AvgIpc) is 3.16. The lowest BCUT2D eigenvalue weighted by atomic mass is 10.2. The molecule has 3 aromatic rings. The molecule has 0 atom stereocenters. The van der Waals surface area contributed by atoms with Crippen LogP contribution in [0.2, 0.25) is 0 Å². The van der Waals surface area contributed by atoms with Crippen molar-refractivity contribution in [2.45, 2.75) is 26.6 Å². The van der Waals surface area contributed by atoms with Gasteiger partial charge in [0.15, 0.2) is 11.5 Å². The normalized spacial score (nSPS) is 10.2. The Bertz CT molecular complexity index is 767. The fourth-order valence-corrected chi connectivity index (χ4v) is 3.06. The number of benzene rings is 1. The van der Waals surface area contributed by atoms with Gasteiger partial charge in [0.2, 0.25) is 0 Å². The number of ether oxygens (including phenoxy) is 2. The molecule has 0 aliphatic carbocycles. The van der Waals surface area contributed by atoms with Crippen LogP contribution in [0.25, 0.3) is 0 Å². The summed E-state index contributed by atoms with van der Waals surface area (Å²) < 4.78 is 11.7. The van der Waals surface area contributed by atoms with Gasteiger partial charge in [-0.15, -0.1) is 11.3 Å². The van der Waals surface area contributed by atoms with Crippen molar-refractivity contribution in [3.63, 3.8) is 0 Å². The first kappa shape index (κ1) is 20.2. The van der Waals surface area contributed by atoms with Crippen LogP contribution in [0.3, 0.4) is 0 Å². The predicted octanol–water partition coefficient (Wildman–Crippen LogP) is 1.41. The summed E-state index contributed by atoms with van der Waals surface area (Å²) in [6.07, 6.45) is 3.66. The van der Waals surface area contributed by atoms with Gasteiger partial charge in [0.05, 0.1) is 6.61 Å². The monoisotopic (exact) mass is 389 g/mol. The summed E-state index contributed by atoms with van der Waals surface area (Å²) >= 11 is 1.69. The average molecular weight is 390 g/mol. The Kier molecular flexibility index (Phi) is 8.41. The number of nitrogens with zero attached hydrogens (tertiary/aromatic N) is 1. The highest BCUT2D eigenvalue weighted by Gasteiger charge is 2.07. The van der Waals surface area contributed by atoms with Crippen molar-refractivity contribution in [2.75, 3.05) is 6.61 Å². The number of pyridine rings is 1. The summed E-state index contributed by atoms with van der Waals surface area (Å²) in [6, 6.07) is 14.2. The van der Waals surface area contributed by atoms with Crippen molar-refractivity contribution in [3.05, 3.63) is 76.2 Å². The number of rotatable bonds is 9. The minimum atomic E-state index is 0. The summed E-state index contributed by atoms with van der Waals surface area (Å²) in [6.45, 7) is 4.71. The SMILES string of the molecule is CCOc1cc(CNCc2cccnc2)ccc1OCc1cccs1.[Cl-]. The zero-order valence-electron chi connectivity index (χ0n) is 14.7. The van der Waals surface area contributed by atoms with E-state index in [-0.39, 0.29) is 12.4 Å².